The van der Waals surface area contributed by atoms with Gasteiger partial charge in [-0.25, -0.2) is 17.6 Å². The van der Waals surface area contributed by atoms with Gasteiger partial charge in [0.2, 0.25) is 0 Å². The first-order valence-electron chi connectivity index (χ1n) is 26.6. The van der Waals surface area contributed by atoms with Crippen molar-refractivity contribution in [2.45, 2.75) is 9.79 Å². The monoisotopic (exact) mass is 1400 g/mol. The van der Waals surface area contributed by atoms with Crippen LogP contribution in [0, 0.1) is 23.3 Å². The van der Waals surface area contributed by atoms with E-state index in [9.17, 15) is 17.6 Å². The van der Waals surface area contributed by atoms with Gasteiger partial charge in [-0.2, -0.15) is 9.79 Å². The number of hydrogen-bond donors (Lipinski definition) is 0. The van der Waals surface area contributed by atoms with Crippen molar-refractivity contribution in [1.29, 1.82) is 0 Å². The Labute approximate surface area is 538 Å². The minimum absolute atomic E-state index is 0. The Bertz CT molecular complexity index is 3130. The molecule has 0 nitrogen and oxygen atoms in total. The topological polar surface area (TPSA) is 0 Å². The molecule has 12 aromatic rings. The molecule has 0 unspecified atom stereocenters. The normalized spacial score (nSPS) is 10.5. The van der Waals surface area contributed by atoms with Crippen LogP contribution >= 0.6 is 31.7 Å². The van der Waals surface area contributed by atoms with Gasteiger partial charge in [-0.1, -0.05) is 170 Å². The minimum Gasteiger partial charge on any atom is -0.779 e. The molecule has 12 heteroatoms. The molecular weight excluding hydrogens is 1340 g/mol. The maximum Gasteiger partial charge on any atom is 1.00 e. The fourth-order valence-corrected chi connectivity index (χ4v) is 22.1. The SMILES string of the molecule is Fc1cc(F)cc([S-])c1.Fc1cc(F)cc([S-])c1.[Ag+].[Ag+].c1ccc([PH+](c2ccccc2)c2ccccc2[PH+](c2ccccc2)c2ccccc2)cc1.c1ccc([PH+](c2ccccc2)c2ccccc2[PH+](c2ccccc2)c2ccccc2)cc1. The van der Waals surface area contributed by atoms with E-state index in [1.807, 2.05) is 0 Å². The third kappa shape index (κ3) is 18.5. The zero-order chi connectivity index (χ0) is 56.9. The largest absolute Gasteiger partial charge is 1.00 e. The Balaban J connectivity index is 0.000000183. The standard InChI is InChI=1S/2C30H24P2.2C6H4F2S.2Ag/c2*1-5-15-25(16-6-1)31(26-17-7-2-8-18-26)29-23-13-14-24-30(29)32(27-19-9-3-10-20-27)28-21-11-4-12-22-28;2*7-4-1-5(8)3-6(9)2-4;;/h2*1-24H;2*1-3,9H;;/q;;;;2*+1/p+2. The van der Waals surface area contributed by atoms with E-state index in [0.29, 0.717) is 0 Å². The molecule has 0 fully saturated rings. The van der Waals surface area contributed by atoms with Gasteiger partial charge in [-0.15, -0.1) is 0 Å². The molecule has 0 saturated heterocycles. The van der Waals surface area contributed by atoms with Crippen LogP contribution in [0.25, 0.3) is 0 Å². The van der Waals surface area contributed by atoms with Gasteiger partial charge < -0.3 is 25.3 Å². The smallest absolute Gasteiger partial charge is 0.779 e. The molecule has 0 bridgehead atoms. The Morgan fingerprint density at radius 1 is 0.190 bits per heavy atom. The maximum absolute atomic E-state index is 12.1. The second-order valence-corrected chi connectivity index (χ2v) is 29.4. The van der Waals surface area contributed by atoms with Gasteiger partial charge in [-0.05, 0) is 146 Å². The Hall–Kier alpha value is -6.00. The molecule has 0 atom stereocenters. The summed E-state index contributed by atoms with van der Waals surface area (Å²) in [5, 5.41) is 17.4. The maximum atomic E-state index is 12.1. The molecule has 0 amide bonds. The van der Waals surface area contributed by atoms with Crippen LogP contribution in [0.2, 0.25) is 0 Å². The predicted octanol–water partition coefficient (Wildman–Crippen LogP) is 13.1. The molecule has 0 radical (unpaired) electrons. The van der Waals surface area contributed by atoms with E-state index in [1.54, 1.807) is 0 Å². The summed E-state index contributed by atoms with van der Waals surface area (Å²) in [6, 6.07) is 113. The van der Waals surface area contributed by atoms with E-state index >= 15 is 0 Å². The summed E-state index contributed by atoms with van der Waals surface area (Å²) in [6.07, 6.45) is 0. The van der Waals surface area contributed by atoms with E-state index in [2.05, 4.69) is 316 Å². The average molecular weight is 1400 g/mol. The van der Waals surface area contributed by atoms with Gasteiger partial charge in [0.05, 0.1) is 0 Å². The fourth-order valence-electron chi connectivity index (χ4n) is 9.64. The van der Waals surface area contributed by atoms with Crippen molar-refractivity contribution < 1.29 is 62.3 Å². The molecular formula is C72H58Ag2F4P4S2+4. The summed E-state index contributed by atoms with van der Waals surface area (Å²) in [6.45, 7) is 0. The van der Waals surface area contributed by atoms with Crippen LogP contribution < -0.4 is 63.7 Å². The third-order valence-corrected chi connectivity index (χ3v) is 25.3. The molecule has 12 rings (SSSR count). The van der Waals surface area contributed by atoms with Gasteiger partial charge >= 0.3 is 44.8 Å². The van der Waals surface area contributed by atoms with Crippen molar-refractivity contribution in [3.8, 4) is 0 Å². The van der Waals surface area contributed by atoms with Crippen molar-refractivity contribution in [2.24, 2.45) is 0 Å². The average Bonchev–Trinajstić information content (AvgIpc) is 3.68. The first-order valence-corrected chi connectivity index (χ1v) is 33.4. The van der Waals surface area contributed by atoms with Crippen LogP contribution in [-0.2, 0) is 70.0 Å². The second-order valence-electron chi connectivity index (χ2n) is 18.7. The summed E-state index contributed by atoms with van der Waals surface area (Å²) in [5.41, 5.74) is 0. The van der Waals surface area contributed by atoms with Crippen LogP contribution in [0.15, 0.2) is 337 Å². The predicted molar refractivity (Wildman–Crippen MR) is 357 cm³/mol. The molecule has 0 aliphatic heterocycles. The molecule has 12 aromatic carbocycles. The first-order chi connectivity index (χ1) is 40.2. The van der Waals surface area contributed by atoms with Crippen molar-refractivity contribution in [2.75, 3.05) is 0 Å². The van der Waals surface area contributed by atoms with Crippen LogP contribution in [0.3, 0.4) is 0 Å². The molecule has 424 valence electrons. The molecule has 0 aliphatic carbocycles. The van der Waals surface area contributed by atoms with E-state index in [1.165, 1.54) is 63.7 Å². The fraction of sp³-hybridized carbons (Fsp3) is 0. The van der Waals surface area contributed by atoms with Crippen molar-refractivity contribution in [3.05, 3.63) is 351 Å². The molecule has 0 N–H and O–H groups in total. The van der Waals surface area contributed by atoms with Crippen LogP contribution in [0.1, 0.15) is 0 Å². The van der Waals surface area contributed by atoms with Crippen LogP contribution in [0.4, 0.5) is 17.6 Å². The molecule has 0 aliphatic rings. The summed E-state index contributed by atoms with van der Waals surface area (Å²) < 4.78 is 48.5. The van der Waals surface area contributed by atoms with E-state index in [4.69, 9.17) is 0 Å². The van der Waals surface area contributed by atoms with Crippen LogP contribution in [-0.4, -0.2) is 0 Å². The van der Waals surface area contributed by atoms with Crippen molar-refractivity contribution in [1.82, 2.24) is 0 Å². The molecule has 0 spiro atoms. The zero-order valence-corrected chi connectivity index (χ0v) is 53.7. The molecule has 84 heavy (non-hydrogen) atoms. The molecule has 0 heterocycles. The number of benzene rings is 12. The van der Waals surface area contributed by atoms with Crippen molar-refractivity contribution in [3.63, 3.8) is 0 Å². The van der Waals surface area contributed by atoms with E-state index in [-0.39, 0.29) is 54.6 Å². The summed E-state index contributed by atoms with van der Waals surface area (Å²) >= 11 is 9.01. The van der Waals surface area contributed by atoms with E-state index < -0.39 is 55.0 Å². The number of hydrogen-bond acceptors (Lipinski definition) is 2. The van der Waals surface area contributed by atoms with Gasteiger partial charge in [0.25, 0.3) is 0 Å². The Morgan fingerprint density at radius 2 is 0.321 bits per heavy atom. The summed E-state index contributed by atoms with van der Waals surface area (Å²) in [5.74, 6) is -2.50. The quantitative estimate of drug-likeness (QED) is 0.0517. The third-order valence-electron chi connectivity index (χ3n) is 13.1. The Kier molecular flexibility index (Phi) is 26.7. The Morgan fingerprint density at radius 3 is 0.452 bits per heavy atom. The van der Waals surface area contributed by atoms with Crippen LogP contribution in [0.5, 0.6) is 0 Å². The molecule has 0 saturated carbocycles. The van der Waals surface area contributed by atoms with Gasteiger partial charge in [0.15, 0.2) is 0 Å². The van der Waals surface area contributed by atoms with Gasteiger partial charge in [0.1, 0.15) is 119 Å². The second kappa shape index (κ2) is 34.2. The van der Waals surface area contributed by atoms with Gasteiger partial charge in [0, 0.05) is 12.1 Å². The minimum atomic E-state index is -1.14. The van der Waals surface area contributed by atoms with E-state index in [0.717, 1.165) is 36.4 Å². The zero-order valence-electron chi connectivity index (χ0n) is 45.1. The summed E-state index contributed by atoms with van der Waals surface area (Å²) in [4.78, 5) is 0.375. The first kappa shape index (κ1) is 65.5. The summed E-state index contributed by atoms with van der Waals surface area (Å²) in [7, 11) is -4.56. The molecule has 0 aromatic heterocycles. The number of rotatable bonds is 12. The number of halogens is 4. The van der Waals surface area contributed by atoms with Gasteiger partial charge in [-0.3, -0.25) is 0 Å². The van der Waals surface area contributed by atoms with Crippen molar-refractivity contribution >= 4 is 121 Å².